The maximum Gasteiger partial charge on any atom is 0.461 e. The molecule has 1 saturated heterocycles. The zero-order chi connectivity index (χ0) is 22.0. The number of alkyl halides is 4. The highest BCUT2D eigenvalue weighted by atomic mass is 19.3. The zero-order valence-electron chi connectivity index (χ0n) is 16.2. The lowest BCUT2D eigenvalue weighted by Gasteiger charge is -2.37. The minimum Gasteiger partial charge on any atom is -0.428 e. The van der Waals surface area contributed by atoms with Crippen LogP contribution in [-0.4, -0.2) is 53.5 Å². The van der Waals surface area contributed by atoms with Crippen molar-refractivity contribution in [3.8, 4) is 11.4 Å². The third-order valence-corrected chi connectivity index (χ3v) is 5.03. The van der Waals surface area contributed by atoms with E-state index >= 15 is 0 Å². The smallest absolute Gasteiger partial charge is 0.428 e. The van der Waals surface area contributed by atoms with E-state index in [0.717, 1.165) is 24.5 Å². The van der Waals surface area contributed by atoms with Gasteiger partial charge in [-0.05, 0) is 48.5 Å². The Bertz CT molecular complexity index is 1060. The van der Waals surface area contributed by atoms with Crippen molar-refractivity contribution >= 4 is 11.4 Å². The van der Waals surface area contributed by atoms with Gasteiger partial charge >= 0.3 is 18.2 Å². The van der Waals surface area contributed by atoms with Gasteiger partial charge in [0.15, 0.2) is 0 Å². The highest BCUT2D eigenvalue weighted by Crippen LogP contribution is 2.29. The third kappa shape index (κ3) is 4.49. The number of rotatable bonds is 6. The number of benzene rings is 2. The average molecular weight is 437 g/mol. The van der Waals surface area contributed by atoms with Crippen molar-refractivity contribution < 1.29 is 22.3 Å². The number of hydrogen-bond acceptors (Lipinski definition) is 5. The van der Waals surface area contributed by atoms with Gasteiger partial charge in [-0.25, -0.2) is 14.5 Å². The number of nitrogens with one attached hydrogen (secondary N) is 1. The van der Waals surface area contributed by atoms with Crippen molar-refractivity contribution in [2.75, 3.05) is 36.0 Å². The van der Waals surface area contributed by atoms with Gasteiger partial charge in [0.05, 0.1) is 5.69 Å². The second kappa shape index (κ2) is 8.32. The number of aromatic nitrogens is 3. The summed E-state index contributed by atoms with van der Waals surface area (Å²) in [7, 11) is 0. The van der Waals surface area contributed by atoms with E-state index in [1.54, 1.807) is 12.1 Å². The lowest BCUT2D eigenvalue weighted by molar-refractivity contribution is -0.253. The molecule has 0 radical (unpaired) electrons. The van der Waals surface area contributed by atoms with Crippen LogP contribution in [0.5, 0.6) is 5.75 Å². The third-order valence-electron chi connectivity index (χ3n) is 5.03. The summed E-state index contributed by atoms with van der Waals surface area (Å²) in [6.45, 7) is 2.84. The lowest BCUT2D eigenvalue weighted by Crippen LogP contribution is -2.46. The van der Waals surface area contributed by atoms with Gasteiger partial charge in [0.25, 0.3) is 0 Å². The maximum absolute atomic E-state index is 13.0. The summed E-state index contributed by atoms with van der Waals surface area (Å²) in [6, 6.07) is 13.2. The largest absolute Gasteiger partial charge is 0.461 e. The molecule has 0 unspecified atom stereocenters. The minimum atomic E-state index is -4.52. The van der Waals surface area contributed by atoms with Crippen LogP contribution in [0.3, 0.4) is 0 Å². The Hall–Kier alpha value is -3.50. The molecule has 0 aliphatic carbocycles. The summed E-state index contributed by atoms with van der Waals surface area (Å²) < 4.78 is 56.0. The molecule has 0 atom stereocenters. The van der Waals surface area contributed by atoms with E-state index in [1.165, 1.54) is 23.0 Å². The molecule has 4 rings (SSSR count). The SMILES string of the molecule is O=c1[nH]ncn1-c1ccc(N2CCN(c3ccc(OC(F)(F)C(F)F)cc3)CC2)cc1. The number of piperazine rings is 1. The number of H-pyrrole nitrogens is 1. The molecule has 1 aliphatic rings. The summed E-state index contributed by atoms with van der Waals surface area (Å²) >= 11 is 0. The van der Waals surface area contributed by atoms with Crippen molar-refractivity contribution in [1.82, 2.24) is 14.8 Å². The standard InChI is InChI=1S/C20H19F4N5O2/c21-18(22)20(23,24)31-17-7-5-15(6-8-17)28-11-9-27(10-12-28)14-1-3-16(4-2-14)29-13-25-26-19(29)30/h1-8,13,18H,9-12H2,(H,26,30). The molecule has 11 heteroatoms. The van der Waals surface area contributed by atoms with Gasteiger partial charge in [0.1, 0.15) is 12.1 Å². The van der Waals surface area contributed by atoms with Crippen molar-refractivity contribution in [3.63, 3.8) is 0 Å². The van der Waals surface area contributed by atoms with Crippen LogP contribution in [0.1, 0.15) is 0 Å². The van der Waals surface area contributed by atoms with Gasteiger partial charge in [-0.15, -0.1) is 0 Å². The van der Waals surface area contributed by atoms with E-state index in [9.17, 15) is 22.4 Å². The van der Waals surface area contributed by atoms with E-state index in [1.807, 2.05) is 24.3 Å². The molecular weight excluding hydrogens is 418 g/mol. The molecule has 7 nitrogen and oxygen atoms in total. The molecule has 1 fully saturated rings. The Morgan fingerprint density at radius 2 is 1.35 bits per heavy atom. The van der Waals surface area contributed by atoms with Crippen LogP contribution >= 0.6 is 0 Å². The first kappa shape index (κ1) is 20.8. The fraction of sp³-hybridized carbons (Fsp3) is 0.300. The van der Waals surface area contributed by atoms with E-state index < -0.39 is 12.5 Å². The molecule has 0 saturated carbocycles. The van der Waals surface area contributed by atoms with Crippen molar-refractivity contribution in [2.45, 2.75) is 12.5 Å². The first-order valence-electron chi connectivity index (χ1n) is 9.51. The summed E-state index contributed by atoms with van der Waals surface area (Å²) in [5.41, 5.74) is 2.21. The highest BCUT2D eigenvalue weighted by molar-refractivity contribution is 5.54. The molecule has 2 heterocycles. The Morgan fingerprint density at radius 3 is 1.81 bits per heavy atom. The van der Waals surface area contributed by atoms with Crippen LogP contribution in [0.4, 0.5) is 28.9 Å². The molecule has 1 N–H and O–H groups in total. The van der Waals surface area contributed by atoms with E-state index in [2.05, 4.69) is 24.7 Å². The number of ether oxygens (including phenoxy) is 1. The second-order valence-corrected chi connectivity index (χ2v) is 6.98. The quantitative estimate of drug-likeness (QED) is 0.601. The van der Waals surface area contributed by atoms with Gasteiger partial charge in [0, 0.05) is 37.6 Å². The highest BCUT2D eigenvalue weighted by Gasteiger charge is 2.43. The lowest BCUT2D eigenvalue weighted by atomic mass is 10.2. The van der Waals surface area contributed by atoms with Crippen molar-refractivity contribution in [3.05, 3.63) is 65.3 Å². The Labute approximate surface area is 174 Å². The van der Waals surface area contributed by atoms with E-state index in [4.69, 9.17) is 0 Å². The monoisotopic (exact) mass is 437 g/mol. The first-order valence-corrected chi connectivity index (χ1v) is 9.51. The fourth-order valence-electron chi connectivity index (χ4n) is 3.41. The molecule has 164 valence electrons. The van der Waals surface area contributed by atoms with Crippen LogP contribution < -0.4 is 20.2 Å². The summed E-state index contributed by atoms with van der Waals surface area (Å²) in [5.74, 6) is -0.315. The van der Waals surface area contributed by atoms with Gasteiger partial charge in [-0.1, -0.05) is 0 Å². The van der Waals surface area contributed by atoms with Crippen LogP contribution in [0.25, 0.3) is 5.69 Å². The second-order valence-electron chi connectivity index (χ2n) is 6.98. The molecular formula is C20H19F4N5O2. The predicted molar refractivity (Wildman–Crippen MR) is 107 cm³/mol. The van der Waals surface area contributed by atoms with Crippen LogP contribution in [-0.2, 0) is 0 Å². The van der Waals surface area contributed by atoms with Gasteiger partial charge in [0.2, 0.25) is 0 Å². The normalized spacial score (nSPS) is 14.9. The summed E-state index contributed by atoms with van der Waals surface area (Å²) in [5, 5.41) is 6.06. The van der Waals surface area contributed by atoms with Crippen LogP contribution in [0.15, 0.2) is 59.7 Å². The number of anilines is 2. The fourth-order valence-corrected chi connectivity index (χ4v) is 3.41. The van der Waals surface area contributed by atoms with Crippen LogP contribution in [0.2, 0.25) is 0 Å². The summed E-state index contributed by atoms with van der Waals surface area (Å²) in [4.78, 5) is 15.9. The molecule has 0 amide bonds. The van der Waals surface area contributed by atoms with E-state index in [0.29, 0.717) is 18.8 Å². The Balaban J connectivity index is 1.35. The van der Waals surface area contributed by atoms with Gasteiger partial charge in [-0.2, -0.15) is 22.7 Å². The topological polar surface area (TPSA) is 66.4 Å². The Kier molecular flexibility index (Phi) is 5.57. The average Bonchev–Trinajstić information content (AvgIpc) is 3.20. The molecule has 1 aliphatic heterocycles. The number of hydrogen-bond donors (Lipinski definition) is 1. The van der Waals surface area contributed by atoms with Crippen LogP contribution in [0, 0.1) is 0 Å². The van der Waals surface area contributed by atoms with E-state index in [-0.39, 0.29) is 11.4 Å². The number of nitrogens with zero attached hydrogens (tertiary/aromatic N) is 4. The molecule has 0 spiro atoms. The molecule has 3 aromatic rings. The molecule has 1 aromatic heterocycles. The molecule has 31 heavy (non-hydrogen) atoms. The molecule has 0 bridgehead atoms. The van der Waals surface area contributed by atoms with Crippen molar-refractivity contribution in [2.24, 2.45) is 0 Å². The Morgan fingerprint density at radius 1 is 0.871 bits per heavy atom. The zero-order valence-corrected chi connectivity index (χ0v) is 16.2. The first-order chi connectivity index (χ1) is 14.8. The molecule has 2 aromatic carbocycles. The predicted octanol–water partition coefficient (Wildman–Crippen LogP) is 3.12. The summed E-state index contributed by atoms with van der Waals surface area (Å²) in [6.07, 6.45) is -7.00. The van der Waals surface area contributed by atoms with Gasteiger partial charge < -0.3 is 14.5 Å². The maximum atomic E-state index is 13.0. The number of halogens is 4. The van der Waals surface area contributed by atoms with Crippen molar-refractivity contribution in [1.29, 1.82) is 0 Å². The minimum absolute atomic E-state index is 0.310. The number of aromatic amines is 1. The van der Waals surface area contributed by atoms with Gasteiger partial charge in [-0.3, -0.25) is 0 Å².